The lowest BCUT2D eigenvalue weighted by atomic mass is 10.1. The van der Waals surface area contributed by atoms with Gasteiger partial charge in [-0.3, -0.25) is 14.4 Å². The summed E-state index contributed by atoms with van der Waals surface area (Å²) in [5, 5.41) is 8.11. The second-order valence-corrected chi connectivity index (χ2v) is 9.80. The average molecular weight is 479 g/mol. The van der Waals surface area contributed by atoms with E-state index in [1.54, 1.807) is 54.7 Å². The maximum Gasteiger partial charge on any atom is 0.410 e. The molecule has 4 aromatic rings. The summed E-state index contributed by atoms with van der Waals surface area (Å²) in [5.74, 6) is -0.494. The highest BCUT2D eigenvalue weighted by Gasteiger charge is 2.36. The summed E-state index contributed by atoms with van der Waals surface area (Å²) < 4.78 is 22.6. The van der Waals surface area contributed by atoms with Gasteiger partial charge in [-0.25, -0.2) is 14.2 Å². The van der Waals surface area contributed by atoms with Crippen LogP contribution in [0.1, 0.15) is 55.7 Å². The van der Waals surface area contributed by atoms with Crippen LogP contribution in [0.15, 0.2) is 36.7 Å². The summed E-state index contributed by atoms with van der Waals surface area (Å²) >= 11 is 0. The number of likely N-dealkylation sites (tertiary alicyclic amines) is 1. The van der Waals surface area contributed by atoms with Crippen molar-refractivity contribution >= 4 is 39.6 Å². The molecule has 2 N–H and O–H groups in total. The zero-order chi connectivity index (χ0) is 24.9. The molecule has 0 bridgehead atoms. The van der Waals surface area contributed by atoms with Crippen LogP contribution in [0.4, 0.5) is 15.0 Å². The second-order valence-electron chi connectivity index (χ2n) is 9.80. The normalized spacial score (nSPS) is 16.3. The van der Waals surface area contributed by atoms with Crippen molar-refractivity contribution in [1.29, 1.82) is 0 Å². The van der Waals surface area contributed by atoms with Gasteiger partial charge in [-0.2, -0.15) is 5.10 Å². The van der Waals surface area contributed by atoms with Crippen LogP contribution in [0.3, 0.4) is 0 Å². The molecule has 1 aliphatic heterocycles. The quantitative estimate of drug-likeness (QED) is 0.435. The van der Waals surface area contributed by atoms with E-state index < -0.39 is 23.6 Å². The van der Waals surface area contributed by atoms with Gasteiger partial charge < -0.3 is 15.0 Å². The number of anilines is 1. The third-order valence-electron chi connectivity index (χ3n) is 6.11. The molecular formula is C25H27FN6O3. The zero-order valence-electron chi connectivity index (χ0n) is 20.1. The fourth-order valence-corrected chi connectivity index (χ4v) is 4.48. The Morgan fingerprint density at radius 3 is 2.80 bits per heavy atom. The number of aromatic amines is 1. The SMILES string of the molecule is Cn1ncc2cc(C(=O)Nc3cc4[nH]c(C5CCCN5C(=O)OC(C)(C)C)c(F)c4cn3)ccc21. The molecule has 1 aliphatic rings. The van der Waals surface area contributed by atoms with Gasteiger partial charge in [0.05, 0.1) is 34.4 Å². The summed E-state index contributed by atoms with van der Waals surface area (Å²) in [5.41, 5.74) is 1.55. The van der Waals surface area contributed by atoms with Crippen LogP contribution < -0.4 is 5.32 Å². The third-order valence-corrected chi connectivity index (χ3v) is 6.11. The number of nitrogens with one attached hydrogen (secondary N) is 2. The Labute approximate surface area is 201 Å². The van der Waals surface area contributed by atoms with Crippen molar-refractivity contribution in [3.8, 4) is 0 Å². The van der Waals surface area contributed by atoms with E-state index in [1.165, 1.54) is 6.20 Å². The van der Waals surface area contributed by atoms with Crippen molar-refractivity contribution in [2.75, 3.05) is 11.9 Å². The molecule has 0 aliphatic carbocycles. The van der Waals surface area contributed by atoms with E-state index >= 15 is 4.39 Å². The molecule has 1 fully saturated rings. The van der Waals surface area contributed by atoms with Crippen molar-refractivity contribution in [2.45, 2.75) is 45.3 Å². The molecule has 182 valence electrons. The van der Waals surface area contributed by atoms with Gasteiger partial charge in [0.25, 0.3) is 5.91 Å². The first-order valence-corrected chi connectivity index (χ1v) is 11.5. The largest absolute Gasteiger partial charge is 0.444 e. The maximum atomic E-state index is 15.3. The van der Waals surface area contributed by atoms with Crippen LogP contribution in [0, 0.1) is 5.82 Å². The highest BCUT2D eigenvalue weighted by molar-refractivity contribution is 6.06. The van der Waals surface area contributed by atoms with E-state index in [4.69, 9.17) is 4.74 Å². The average Bonchev–Trinajstić information content (AvgIpc) is 3.50. The summed E-state index contributed by atoms with van der Waals surface area (Å²) in [6, 6.07) is 6.44. The predicted molar refractivity (Wildman–Crippen MR) is 130 cm³/mol. The molecule has 35 heavy (non-hydrogen) atoms. The Morgan fingerprint density at radius 1 is 1.23 bits per heavy atom. The number of aromatic nitrogens is 4. The Hall–Kier alpha value is -3.95. The maximum absolute atomic E-state index is 15.3. The first-order chi connectivity index (χ1) is 16.6. The molecule has 3 aromatic heterocycles. The van der Waals surface area contributed by atoms with Crippen molar-refractivity contribution in [2.24, 2.45) is 7.05 Å². The van der Waals surface area contributed by atoms with Gasteiger partial charge >= 0.3 is 6.09 Å². The summed E-state index contributed by atoms with van der Waals surface area (Å²) in [7, 11) is 1.84. The first kappa shape index (κ1) is 22.8. The molecule has 1 saturated heterocycles. The van der Waals surface area contributed by atoms with Crippen LogP contribution in [-0.2, 0) is 11.8 Å². The number of hydrogen-bond donors (Lipinski definition) is 2. The van der Waals surface area contributed by atoms with Gasteiger partial charge in [0.2, 0.25) is 0 Å². The van der Waals surface area contributed by atoms with Gasteiger partial charge in [-0.05, 0) is 51.8 Å². The molecule has 2 amide bonds. The number of carbonyl (C=O) groups excluding carboxylic acids is 2. The fraction of sp³-hybridized carbons (Fsp3) is 0.360. The van der Waals surface area contributed by atoms with E-state index in [0.29, 0.717) is 35.1 Å². The van der Waals surface area contributed by atoms with E-state index in [2.05, 4.69) is 20.4 Å². The zero-order valence-corrected chi connectivity index (χ0v) is 20.1. The Bertz CT molecular complexity index is 1450. The number of carbonyl (C=O) groups is 2. The van der Waals surface area contributed by atoms with Gasteiger partial charge in [0.15, 0.2) is 5.82 Å². The minimum Gasteiger partial charge on any atom is -0.444 e. The standard InChI is InChI=1S/C25H27FN6O3/c1-25(2,3)35-24(34)32-9-5-6-19(32)22-21(26)16-13-27-20(11-17(16)29-22)30-23(33)14-7-8-18-15(10-14)12-28-31(18)4/h7-8,10-13,19,29H,5-6,9H2,1-4H3,(H,27,30,33). The predicted octanol–water partition coefficient (Wildman–Crippen LogP) is 4.91. The van der Waals surface area contributed by atoms with E-state index in [1.807, 2.05) is 13.1 Å². The second kappa shape index (κ2) is 8.37. The number of nitrogens with zero attached hydrogens (tertiary/aromatic N) is 4. The number of ether oxygens (including phenoxy) is 1. The van der Waals surface area contributed by atoms with Crippen LogP contribution in [-0.4, -0.2) is 48.8 Å². The van der Waals surface area contributed by atoms with Crippen molar-refractivity contribution in [1.82, 2.24) is 24.6 Å². The number of fused-ring (bicyclic) bond motifs is 2. The lowest BCUT2D eigenvalue weighted by Crippen LogP contribution is -2.36. The summed E-state index contributed by atoms with van der Waals surface area (Å²) in [4.78, 5) is 34.4. The van der Waals surface area contributed by atoms with Crippen molar-refractivity contribution in [3.05, 3.63) is 53.7 Å². The fourth-order valence-electron chi connectivity index (χ4n) is 4.48. The topological polar surface area (TPSA) is 105 Å². The summed E-state index contributed by atoms with van der Waals surface area (Å²) in [6.07, 6.45) is 3.99. The third kappa shape index (κ3) is 4.31. The lowest BCUT2D eigenvalue weighted by molar-refractivity contribution is 0.0219. The van der Waals surface area contributed by atoms with Gasteiger partial charge in [-0.1, -0.05) is 0 Å². The minimum absolute atomic E-state index is 0.289. The highest BCUT2D eigenvalue weighted by atomic mass is 19.1. The van der Waals surface area contributed by atoms with Crippen LogP contribution >= 0.6 is 0 Å². The number of pyridine rings is 1. The smallest absolute Gasteiger partial charge is 0.410 e. The van der Waals surface area contributed by atoms with E-state index in [0.717, 1.165) is 17.3 Å². The van der Waals surface area contributed by atoms with Crippen LogP contribution in [0.25, 0.3) is 21.8 Å². The number of halogens is 1. The molecule has 5 rings (SSSR count). The Balaban J connectivity index is 1.39. The van der Waals surface area contributed by atoms with E-state index in [-0.39, 0.29) is 11.7 Å². The van der Waals surface area contributed by atoms with Crippen molar-refractivity contribution < 1.29 is 18.7 Å². The molecule has 10 heteroatoms. The molecule has 0 saturated carbocycles. The molecule has 0 spiro atoms. The lowest BCUT2D eigenvalue weighted by Gasteiger charge is -2.28. The molecule has 9 nitrogen and oxygen atoms in total. The van der Waals surface area contributed by atoms with Gasteiger partial charge in [0, 0.05) is 36.8 Å². The van der Waals surface area contributed by atoms with Gasteiger partial charge in [-0.15, -0.1) is 0 Å². The molecule has 1 atom stereocenters. The molecule has 4 heterocycles. The molecule has 1 aromatic carbocycles. The number of rotatable bonds is 3. The number of H-pyrrole nitrogens is 1. The number of aryl methyl sites for hydroxylation is 1. The first-order valence-electron chi connectivity index (χ1n) is 11.5. The van der Waals surface area contributed by atoms with E-state index in [9.17, 15) is 9.59 Å². The van der Waals surface area contributed by atoms with Crippen LogP contribution in [0.5, 0.6) is 0 Å². The Morgan fingerprint density at radius 2 is 2.03 bits per heavy atom. The van der Waals surface area contributed by atoms with Crippen molar-refractivity contribution in [3.63, 3.8) is 0 Å². The summed E-state index contributed by atoms with van der Waals surface area (Å²) in [6.45, 7) is 5.90. The van der Waals surface area contributed by atoms with Gasteiger partial charge in [0.1, 0.15) is 11.4 Å². The molecule has 0 radical (unpaired) electrons. The number of amides is 2. The minimum atomic E-state index is -0.637. The Kier molecular flexibility index (Phi) is 5.46. The highest BCUT2D eigenvalue weighted by Crippen LogP contribution is 2.36. The molecular weight excluding hydrogens is 451 g/mol. The number of benzene rings is 1. The number of hydrogen-bond acceptors (Lipinski definition) is 5. The van der Waals surface area contributed by atoms with Crippen LogP contribution in [0.2, 0.25) is 0 Å². The molecule has 1 unspecified atom stereocenters. The monoisotopic (exact) mass is 478 g/mol.